The molecule has 1 saturated carbocycles. The number of ether oxygens (including phenoxy) is 1. The summed E-state index contributed by atoms with van der Waals surface area (Å²) in [6, 6.07) is 9.26. The van der Waals surface area contributed by atoms with Gasteiger partial charge in [0.15, 0.2) is 0 Å². The lowest BCUT2D eigenvalue weighted by molar-refractivity contribution is -0.145. The molecule has 1 aliphatic carbocycles. The Morgan fingerprint density at radius 3 is 2.61 bits per heavy atom. The topological polar surface area (TPSA) is 86.1 Å². The highest BCUT2D eigenvalue weighted by Gasteiger charge is 2.30. The van der Waals surface area contributed by atoms with E-state index in [1.807, 2.05) is 48.9 Å². The molecule has 1 fully saturated rings. The molecule has 0 spiro atoms. The number of rotatable bonds is 9. The first-order valence-electron chi connectivity index (χ1n) is 9.50. The number of hydrogen-bond donors (Lipinski definition) is 1. The molecular formula is C20H26N4O3S. The van der Waals surface area contributed by atoms with Gasteiger partial charge in [-0.2, -0.15) is 0 Å². The standard InChI is InChI=1S/C20H26N4O3S/c1-13(2)11-16(19(26)27-3)21-17(25)12-28-20-22-18(14-9-10-14)24(23-20)15-7-5-4-6-8-15/h4-8,13-14,16H,9-12H2,1-3H3,(H,21,25)/t16-/m1/s1. The molecule has 1 amide bonds. The molecule has 0 bridgehead atoms. The van der Waals surface area contributed by atoms with Crippen LogP contribution in [-0.4, -0.2) is 45.5 Å². The second-order valence-electron chi connectivity index (χ2n) is 7.34. The second-order valence-corrected chi connectivity index (χ2v) is 8.28. The van der Waals surface area contributed by atoms with Crippen LogP contribution in [0.15, 0.2) is 35.5 Å². The number of thioether (sulfide) groups is 1. The molecule has 0 saturated heterocycles. The maximum absolute atomic E-state index is 12.3. The van der Waals surface area contributed by atoms with Gasteiger partial charge in [-0.15, -0.1) is 5.10 Å². The molecule has 1 heterocycles. The first-order valence-corrected chi connectivity index (χ1v) is 10.5. The normalized spacial score (nSPS) is 14.7. The van der Waals surface area contributed by atoms with Crippen molar-refractivity contribution in [1.29, 1.82) is 0 Å². The van der Waals surface area contributed by atoms with E-state index < -0.39 is 12.0 Å². The highest BCUT2D eigenvalue weighted by atomic mass is 32.2. The molecule has 1 aliphatic rings. The summed E-state index contributed by atoms with van der Waals surface area (Å²) in [5, 5.41) is 7.92. The first kappa shape index (κ1) is 20.4. The summed E-state index contributed by atoms with van der Waals surface area (Å²) in [5.41, 5.74) is 0.968. The molecule has 1 aromatic heterocycles. The molecule has 1 atom stereocenters. The fourth-order valence-electron chi connectivity index (χ4n) is 2.92. The smallest absolute Gasteiger partial charge is 0.328 e. The van der Waals surface area contributed by atoms with Crippen molar-refractivity contribution in [3.05, 3.63) is 36.2 Å². The van der Waals surface area contributed by atoms with Gasteiger partial charge < -0.3 is 10.1 Å². The fraction of sp³-hybridized carbons (Fsp3) is 0.500. The number of nitrogens with one attached hydrogen (secondary N) is 1. The van der Waals surface area contributed by atoms with Crippen molar-refractivity contribution in [1.82, 2.24) is 20.1 Å². The van der Waals surface area contributed by atoms with Gasteiger partial charge in [-0.1, -0.05) is 43.8 Å². The maximum Gasteiger partial charge on any atom is 0.328 e. The SMILES string of the molecule is COC(=O)[C@@H](CC(C)C)NC(=O)CSc1nc(C2CC2)n(-c2ccccc2)n1. The van der Waals surface area contributed by atoms with Crippen molar-refractivity contribution >= 4 is 23.6 Å². The summed E-state index contributed by atoms with van der Waals surface area (Å²) in [6.07, 6.45) is 2.77. The van der Waals surface area contributed by atoms with E-state index in [-0.39, 0.29) is 17.6 Å². The predicted octanol–water partition coefficient (Wildman–Crippen LogP) is 2.94. The molecule has 2 aromatic rings. The second kappa shape index (κ2) is 9.23. The van der Waals surface area contributed by atoms with Crippen molar-refractivity contribution in [3.8, 4) is 5.69 Å². The van der Waals surface area contributed by atoms with Crippen molar-refractivity contribution < 1.29 is 14.3 Å². The van der Waals surface area contributed by atoms with Gasteiger partial charge in [0.1, 0.15) is 11.9 Å². The number of benzene rings is 1. The average molecular weight is 403 g/mol. The third kappa shape index (κ3) is 5.34. The highest BCUT2D eigenvalue weighted by molar-refractivity contribution is 7.99. The lowest BCUT2D eigenvalue weighted by Gasteiger charge is -2.17. The molecule has 3 rings (SSSR count). The van der Waals surface area contributed by atoms with E-state index in [0.29, 0.717) is 17.5 Å². The van der Waals surface area contributed by atoms with Gasteiger partial charge in [0.25, 0.3) is 0 Å². The van der Waals surface area contributed by atoms with Gasteiger partial charge in [-0.05, 0) is 37.3 Å². The van der Waals surface area contributed by atoms with Crippen molar-refractivity contribution in [3.63, 3.8) is 0 Å². The number of carbonyl (C=O) groups excluding carboxylic acids is 2. The van der Waals surface area contributed by atoms with Gasteiger partial charge in [0, 0.05) is 5.92 Å². The fourth-order valence-corrected chi connectivity index (χ4v) is 3.57. The Morgan fingerprint density at radius 2 is 2.00 bits per heavy atom. The van der Waals surface area contributed by atoms with Crippen LogP contribution in [0.3, 0.4) is 0 Å². The number of nitrogens with zero attached hydrogens (tertiary/aromatic N) is 3. The molecule has 0 aliphatic heterocycles. The number of aromatic nitrogens is 3. The Hall–Kier alpha value is -2.35. The number of methoxy groups -OCH3 is 1. The Kier molecular flexibility index (Phi) is 6.72. The molecule has 8 heteroatoms. The number of carbonyl (C=O) groups is 2. The minimum Gasteiger partial charge on any atom is -0.467 e. The van der Waals surface area contributed by atoms with Gasteiger partial charge in [-0.25, -0.2) is 14.5 Å². The third-order valence-corrected chi connectivity index (χ3v) is 5.25. The van der Waals surface area contributed by atoms with Crippen LogP contribution in [0.25, 0.3) is 5.69 Å². The molecule has 28 heavy (non-hydrogen) atoms. The maximum atomic E-state index is 12.3. The van der Waals surface area contributed by atoms with Gasteiger partial charge in [0.2, 0.25) is 11.1 Å². The molecule has 7 nitrogen and oxygen atoms in total. The van der Waals surface area contributed by atoms with Gasteiger partial charge >= 0.3 is 5.97 Å². The van der Waals surface area contributed by atoms with E-state index in [4.69, 9.17) is 4.74 Å². The molecule has 1 N–H and O–H groups in total. The van der Waals surface area contributed by atoms with E-state index in [1.54, 1.807) is 0 Å². The summed E-state index contributed by atoms with van der Waals surface area (Å²) in [7, 11) is 1.33. The minimum absolute atomic E-state index is 0.147. The molecule has 0 unspecified atom stereocenters. The summed E-state index contributed by atoms with van der Waals surface area (Å²) < 4.78 is 6.66. The van der Waals surface area contributed by atoms with Crippen molar-refractivity contribution in [2.45, 2.75) is 50.2 Å². The summed E-state index contributed by atoms with van der Waals surface area (Å²) in [6.45, 7) is 3.99. The van der Waals surface area contributed by atoms with Crippen LogP contribution < -0.4 is 5.32 Å². The quantitative estimate of drug-likeness (QED) is 0.513. The lowest BCUT2D eigenvalue weighted by Crippen LogP contribution is -2.43. The van der Waals surface area contributed by atoms with E-state index in [0.717, 1.165) is 24.4 Å². The number of para-hydroxylation sites is 1. The zero-order valence-corrected chi connectivity index (χ0v) is 17.2. The van der Waals surface area contributed by atoms with Crippen LogP contribution in [0, 0.1) is 5.92 Å². The van der Waals surface area contributed by atoms with Crippen LogP contribution in [0.4, 0.5) is 0 Å². The number of amides is 1. The summed E-state index contributed by atoms with van der Waals surface area (Å²) in [5.74, 6) is 1.14. The molecule has 150 valence electrons. The number of hydrogen-bond acceptors (Lipinski definition) is 6. The zero-order valence-electron chi connectivity index (χ0n) is 16.4. The average Bonchev–Trinajstić information content (AvgIpc) is 3.45. The Balaban J connectivity index is 1.64. The zero-order chi connectivity index (χ0) is 20.1. The Bertz CT molecular complexity index is 818. The largest absolute Gasteiger partial charge is 0.467 e. The minimum atomic E-state index is -0.630. The lowest BCUT2D eigenvalue weighted by atomic mass is 10.0. The molecule has 1 aromatic carbocycles. The monoisotopic (exact) mass is 402 g/mol. The number of esters is 1. The van der Waals surface area contributed by atoms with Crippen LogP contribution in [0.2, 0.25) is 0 Å². The van der Waals surface area contributed by atoms with Crippen LogP contribution >= 0.6 is 11.8 Å². The van der Waals surface area contributed by atoms with Crippen molar-refractivity contribution in [2.75, 3.05) is 12.9 Å². The van der Waals surface area contributed by atoms with Crippen molar-refractivity contribution in [2.24, 2.45) is 5.92 Å². The molecular weight excluding hydrogens is 376 g/mol. The predicted molar refractivity (Wildman–Crippen MR) is 107 cm³/mol. The third-order valence-electron chi connectivity index (χ3n) is 4.42. The van der Waals surface area contributed by atoms with Crippen LogP contribution in [0.5, 0.6) is 0 Å². The van der Waals surface area contributed by atoms with E-state index in [1.165, 1.54) is 18.9 Å². The highest BCUT2D eigenvalue weighted by Crippen LogP contribution is 2.40. The van der Waals surface area contributed by atoms with Crippen LogP contribution in [-0.2, 0) is 14.3 Å². The van der Waals surface area contributed by atoms with E-state index in [9.17, 15) is 9.59 Å². The molecule has 0 radical (unpaired) electrons. The summed E-state index contributed by atoms with van der Waals surface area (Å²) in [4.78, 5) is 28.8. The van der Waals surface area contributed by atoms with E-state index in [2.05, 4.69) is 15.4 Å². The first-order chi connectivity index (χ1) is 13.5. The Morgan fingerprint density at radius 1 is 1.29 bits per heavy atom. The van der Waals surface area contributed by atoms with Crippen LogP contribution in [0.1, 0.15) is 44.9 Å². The van der Waals surface area contributed by atoms with Gasteiger partial charge in [-0.3, -0.25) is 4.79 Å². The van der Waals surface area contributed by atoms with Gasteiger partial charge in [0.05, 0.1) is 18.6 Å². The van der Waals surface area contributed by atoms with E-state index >= 15 is 0 Å². The summed E-state index contributed by atoms with van der Waals surface area (Å²) >= 11 is 1.28. The Labute approximate surface area is 169 Å².